The highest BCUT2D eigenvalue weighted by Crippen LogP contribution is 2.27. The first-order chi connectivity index (χ1) is 7.36. The summed E-state index contributed by atoms with van der Waals surface area (Å²) in [5.74, 6) is 3.69. The van der Waals surface area contributed by atoms with Crippen molar-refractivity contribution in [1.29, 1.82) is 0 Å². The molecule has 0 saturated heterocycles. The zero-order chi connectivity index (χ0) is 10.9. The van der Waals surface area contributed by atoms with Gasteiger partial charge in [0.15, 0.2) is 0 Å². The van der Waals surface area contributed by atoms with Crippen molar-refractivity contribution in [3.05, 3.63) is 0 Å². The third-order valence-electron chi connectivity index (χ3n) is 3.64. The molecule has 0 aromatic heterocycles. The normalized spacial score (nSPS) is 20.5. The van der Waals surface area contributed by atoms with Gasteiger partial charge in [-0.15, -0.1) is 12.3 Å². The van der Waals surface area contributed by atoms with E-state index in [0.717, 1.165) is 18.8 Å². The first kappa shape index (κ1) is 12.6. The van der Waals surface area contributed by atoms with Crippen molar-refractivity contribution >= 4 is 0 Å². The summed E-state index contributed by atoms with van der Waals surface area (Å²) in [6.45, 7) is 0. The van der Waals surface area contributed by atoms with Crippen molar-refractivity contribution in [3.8, 4) is 12.3 Å². The van der Waals surface area contributed by atoms with E-state index in [-0.39, 0.29) is 0 Å². The molecule has 15 heavy (non-hydrogen) atoms. The highest BCUT2D eigenvalue weighted by atomic mass is 14.9. The molecule has 0 aromatic carbocycles. The SMILES string of the molecule is C#CCCC(CC1CCCCCC1)NC. The first-order valence-corrected chi connectivity index (χ1v) is 6.47. The molecule has 1 unspecified atom stereocenters. The summed E-state index contributed by atoms with van der Waals surface area (Å²) in [6.07, 6.45) is 17.4. The monoisotopic (exact) mass is 207 g/mol. The van der Waals surface area contributed by atoms with Crippen molar-refractivity contribution in [2.45, 2.75) is 63.8 Å². The summed E-state index contributed by atoms with van der Waals surface area (Å²) in [5.41, 5.74) is 0. The van der Waals surface area contributed by atoms with Crippen LogP contribution >= 0.6 is 0 Å². The van der Waals surface area contributed by atoms with Crippen molar-refractivity contribution in [3.63, 3.8) is 0 Å². The van der Waals surface area contributed by atoms with Crippen molar-refractivity contribution in [1.82, 2.24) is 5.32 Å². The van der Waals surface area contributed by atoms with E-state index in [1.54, 1.807) is 0 Å². The molecule has 1 aliphatic rings. The van der Waals surface area contributed by atoms with Gasteiger partial charge < -0.3 is 5.32 Å². The van der Waals surface area contributed by atoms with Crippen LogP contribution in [0.25, 0.3) is 0 Å². The Morgan fingerprint density at radius 2 is 1.93 bits per heavy atom. The predicted octanol–water partition coefficient (Wildman–Crippen LogP) is 3.35. The van der Waals surface area contributed by atoms with E-state index in [9.17, 15) is 0 Å². The molecule has 86 valence electrons. The van der Waals surface area contributed by atoms with E-state index >= 15 is 0 Å². The van der Waals surface area contributed by atoms with Gasteiger partial charge in [-0.2, -0.15) is 0 Å². The van der Waals surface area contributed by atoms with Crippen LogP contribution in [0.5, 0.6) is 0 Å². The first-order valence-electron chi connectivity index (χ1n) is 6.47. The number of terminal acetylenes is 1. The minimum Gasteiger partial charge on any atom is -0.317 e. The topological polar surface area (TPSA) is 12.0 Å². The van der Waals surface area contributed by atoms with E-state index in [1.165, 1.54) is 44.9 Å². The third-order valence-corrected chi connectivity index (χ3v) is 3.64. The molecule has 0 heterocycles. The Labute approximate surface area is 95.0 Å². The van der Waals surface area contributed by atoms with Gasteiger partial charge in [0.2, 0.25) is 0 Å². The summed E-state index contributed by atoms with van der Waals surface area (Å²) >= 11 is 0. The van der Waals surface area contributed by atoms with Crippen LogP contribution in [0.4, 0.5) is 0 Å². The second-order valence-electron chi connectivity index (χ2n) is 4.82. The molecule has 0 amide bonds. The minimum absolute atomic E-state index is 0.643. The van der Waals surface area contributed by atoms with E-state index in [1.807, 2.05) is 0 Å². The molecule has 0 radical (unpaired) electrons. The van der Waals surface area contributed by atoms with Crippen LogP contribution in [0.3, 0.4) is 0 Å². The van der Waals surface area contributed by atoms with Gasteiger partial charge in [-0.1, -0.05) is 38.5 Å². The van der Waals surface area contributed by atoms with E-state index < -0.39 is 0 Å². The molecule has 0 spiro atoms. The van der Waals surface area contributed by atoms with Gasteiger partial charge in [0.05, 0.1) is 0 Å². The molecule has 0 aliphatic heterocycles. The lowest BCUT2D eigenvalue weighted by Crippen LogP contribution is -2.27. The molecule has 1 N–H and O–H groups in total. The fourth-order valence-corrected chi connectivity index (χ4v) is 2.64. The number of nitrogens with one attached hydrogen (secondary N) is 1. The van der Waals surface area contributed by atoms with Gasteiger partial charge in [-0.25, -0.2) is 0 Å². The maximum atomic E-state index is 5.31. The van der Waals surface area contributed by atoms with E-state index in [0.29, 0.717) is 6.04 Å². The zero-order valence-electron chi connectivity index (χ0n) is 10.1. The highest BCUT2D eigenvalue weighted by molar-refractivity contribution is 4.86. The lowest BCUT2D eigenvalue weighted by Gasteiger charge is -2.21. The van der Waals surface area contributed by atoms with Crippen LogP contribution in [0, 0.1) is 18.3 Å². The maximum absolute atomic E-state index is 5.31. The lowest BCUT2D eigenvalue weighted by atomic mass is 9.91. The van der Waals surface area contributed by atoms with Crippen LogP contribution in [-0.4, -0.2) is 13.1 Å². The molecule has 1 heteroatoms. The molecule has 1 saturated carbocycles. The van der Waals surface area contributed by atoms with Crippen molar-refractivity contribution in [2.75, 3.05) is 7.05 Å². The molecule has 1 fully saturated rings. The van der Waals surface area contributed by atoms with Crippen LogP contribution < -0.4 is 5.32 Å². The molecular weight excluding hydrogens is 182 g/mol. The average molecular weight is 207 g/mol. The molecular formula is C14H25N. The van der Waals surface area contributed by atoms with Crippen molar-refractivity contribution < 1.29 is 0 Å². The Morgan fingerprint density at radius 1 is 1.27 bits per heavy atom. The second kappa shape index (κ2) is 7.77. The average Bonchev–Trinajstić information content (AvgIpc) is 2.52. The molecule has 1 aliphatic carbocycles. The second-order valence-corrected chi connectivity index (χ2v) is 4.82. The highest BCUT2D eigenvalue weighted by Gasteiger charge is 2.16. The van der Waals surface area contributed by atoms with Gasteiger partial charge in [0.25, 0.3) is 0 Å². The summed E-state index contributed by atoms with van der Waals surface area (Å²) in [4.78, 5) is 0. The lowest BCUT2D eigenvalue weighted by molar-refractivity contribution is 0.353. The Balaban J connectivity index is 2.26. The Morgan fingerprint density at radius 3 is 2.47 bits per heavy atom. The molecule has 1 rings (SSSR count). The quantitative estimate of drug-likeness (QED) is 0.538. The number of hydrogen-bond donors (Lipinski definition) is 1. The smallest absolute Gasteiger partial charge is 0.0101 e. The Bertz CT molecular complexity index is 184. The number of rotatable bonds is 5. The van der Waals surface area contributed by atoms with Crippen LogP contribution in [-0.2, 0) is 0 Å². The zero-order valence-corrected chi connectivity index (χ0v) is 10.1. The van der Waals surface area contributed by atoms with Crippen molar-refractivity contribution in [2.24, 2.45) is 5.92 Å². The van der Waals surface area contributed by atoms with Gasteiger partial charge >= 0.3 is 0 Å². The van der Waals surface area contributed by atoms with E-state index in [4.69, 9.17) is 6.42 Å². The van der Waals surface area contributed by atoms with Crippen LogP contribution in [0.15, 0.2) is 0 Å². The van der Waals surface area contributed by atoms with Crippen LogP contribution in [0.2, 0.25) is 0 Å². The standard InChI is InChI=1S/C14H25N/c1-3-4-11-14(15-2)12-13-9-7-5-6-8-10-13/h1,13-15H,4-12H2,2H3. The Kier molecular flexibility index (Phi) is 6.52. The fourth-order valence-electron chi connectivity index (χ4n) is 2.64. The summed E-state index contributed by atoms with van der Waals surface area (Å²) in [7, 11) is 2.07. The molecule has 0 bridgehead atoms. The molecule has 0 aromatic rings. The fraction of sp³-hybridized carbons (Fsp3) is 0.857. The third kappa shape index (κ3) is 5.23. The summed E-state index contributed by atoms with van der Waals surface area (Å²) in [5, 5.41) is 3.41. The minimum atomic E-state index is 0.643. The van der Waals surface area contributed by atoms with Gasteiger partial charge in [0.1, 0.15) is 0 Å². The summed E-state index contributed by atoms with van der Waals surface area (Å²) < 4.78 is 0. The molecule has 1 atom stereocenters. The predicted molar refractivity (Wildman–Crippen MR) is 66.7 cm³/mol. The number of hydrogen-bond acceptors (Lipinski definition) is 1. The van der Waals surface area contributed by atoms with Gasteiger partial charge in [-0.3, -0.25) is 0 Å². The maximum Gasteiger partial charge on any atom is 0.0101 e. The Hall–Kier alpha value is -0.480. The molecule has 1 nitrogen and oxygen atoms in total. The van der Waals surface area contributed by atoms with Gasteiger partial charge in [0, 0.05) is 12.5 Å². The summed E-state index contributed by atoms with van der Waals surface area (Å²) in [6, 6.07) is 0.643. The van der Waals surface area contributed by atoms with Gasteiger partial charge in [-0.05, 0) is 25.8 Å². The largest absolute Gasteiger partial charge is 0.317 e. The van der Waals surface area contributed by atoms with E-state index in [2.05, 4.69) is 18.3 Å². The van der Waals surface area contributed by atoms with Crippen LogP contribution in [0.1, 0.15) is 57.8 Å².